The maximum atomic E-state index is 6.43. The lowest BCUT2D eigenvalue weighted by Gasteiger charge is -2.32. The van der Waals surface area contributed by atoms with Gasteiger partial charge in [-0.05, 0) is 50.4 Å². The van der Waals surface area contributed by atoms with E-state index in [4.69, 9.17) is 21.1 Å². The van der Waals surface area contributed by atoms with Crippen molar-refractivity contribution in [1.29, 1.82) is 0 Å². The van der Waals surface area contributed by atoms with Gasteiger partial charge in [-0.3, -0.25) is 0 Å². The molecule has 5 heteroatoms. The van der Waals surface area contributed by atoms with Crippen LogP contribution in [0.2, 0.25) is 5.02 Å². The van der Waals surface area contributed by atoms with Gasteiger partial charge >= 0.3 is 0 Å². The number of likely N-dealkylation sites (tertiary alicyclic amines) is 1. The van der Waals surface area contributed by atoms with Crippen molar-refractivity contribution in [3.05, 3.63) is 22.7 Å². The van der Waals surface area contributed by atoms with Crippen molar-refractivity contribution in [1.82, 2.24) is 10.2 Å². The molecule has 0 aromatic heterocycles. The van der Waals surface area contributed by atoms with Crippen molar-refractivity contribution in [3.8, 4) is 11.5 Å². The standard InChI is InChI=1S/C17H25ClN2O2/c1-21-15-6-3-12(16(18)17(15)22-2)11-19-13-7-9-20(10-8-13)14-4-5-14/h3,6,13-14,19H,4-5,7-11H2,1-2H3. The van der Waals surface area contributed by atoms with Crippen molar-refractivity contribution in [3.63, 3.8) is 0 Å². The third-order valence-electron chi connectivity index (χ3n) is 4.74. The van der Waals surface area contributed by atoms with Crippen LogP contribution in [-0.4, -0.2) is 44.3 Å². The molecule has 1 saturated heterocycles. The van der Waals surface area contributed by atoms with Gasteiger partial charge in [0, 0.05) is 18.6 Å². The van der Waals surface area contributed by atoms with Crippen LogP contribution in [0.1, 0.15) is 31.2 Å². The Morgan fingerprint density at radius 2 is 1.86 bits per heavy atom. The number of benzene rings is 1. The molecular weight excluding hydrogens is 300 g/mol. The molecule has 0 radical (unpaired) electrons. The van der Waals surface area contributed by atoms with Crippen LogP contribution in [0, 0.1) is 0 Å². The SMILES string of the molecule is COc1ccc(CNC2CCN(C3CC3)CC2)c(Cl)c1OC. The van der Waals surface area contributed by atoms with Gasteiger partial charge in [0.1, 0.15) is 0 Å². The highest BCUT2D eigenvalue weighted by atomic mass is 35.5. The molecule has 1 aromatic carbocycles. The molecule has 1 saturated carbocycles. The minimum atomic E-state index is 0.583. The summed E-state index contributed by atoms with van der Waals surface area (Å²) in [6.07, 6.45) is 5.25. The molecule has 0 amide bonds. The topological polar surface area (TPSA) is 33.7 Å². The van der Waals surface area contributed by atoms with Crippen LogP contribution >= 0.6 is 11.6 Å². The summed E-state index contributed by atoms with van der Waals surface area (Å²) in [6.45, 7) is 3.22. The predicted molar refractivity (Wildman–Crippen MR) is 89.0 cm³/mol. The zero-order chi connectivity index (χ0) is 15.5. The predicted octanol–water partition coefficient (Wildman–Crippen LogP) is 3.07. The van der Waals surface area contributed by atoms with E-state index in [1.807, 2.05) is 12.1 Å². The number of halogens is 1. The monoisotopic (exact) mass is 324 g/mol. The van der Waals surface area contributed by atoms with Crippen molar-refractivity contribution in [2.75, 3.05) is 27.3 Å². The molecule has 0 unspecified atom stereocenters. The van der Waals surface area contributed by atoms with Crippen molar-refractivity contribution in [2.24, 2.45) is 0 Å². The summed E-state index contributed by atoms with van der Waals surface area (Å²) in [5.41, 5.74) is 1.06. The fourth-order valence-corrected chi connectivity index (χ4v) is 3.53. The first-order chi connectivity index (χ1) is 10.7. The average molecular weight is 325 g/mol. The van der Waals surface area contributed by atoms with Gasteiger partial charge in [0.25, 0.3) is 0 Å². The Morgan fingerprint density at radius 1 is 1.14 bits per heavy atom. The van der Waals surface area contributed by atoms with Crippen LogP contribution in [0.3, 0.4) is 0 Å². The normalized spacial score (nSPS) is 20.1. The fourth-order valence-electron chi connectivity index (χ4n) is 3.23. The van der Waals surface area contributed by atoms with E-state index in [0.29, 0.717) is 22.6 Å². The van der Waals surface area contributed by atoms with E-state index in [2.05, 4.69) is 10.2 Å². The first-order valence-electron chi connectivity index (χ1n) is 8.09. The lowest BCUT2D eigenvalue weighted by atomic mass is 10.0. The van der Waals surface area contributed by atoms with Crippen LogP contribution in [0.15, 0.2) is 12.1 Å². The van der Waals surface area contributed by atoms with Crippen molar-refractivity contribution < 1.29 is 9.47 Å². The highest BCUT2D eigenvalue weighted by Crippen LogP contribution is 2.37. The van der Waals surface area contributed by atoms with Crippen molar-refractivity contribution >= 4 is 11.6 Å². The molecule has 0 spiro atoms. The number of ether oxygens (including phenoxy) is 2. The summed E-state index contributed by atoms with van der Waals surface area (Å²) in [5, 5.41) is 4.28. The fraction of sp³-hybridized carbons (Fsp3) is 0.647. The van der Waals surface area contributed by atoms with Crippen LogP contribution in [0.4, 0.5) is 0 Å². The minimum absolute atomic E-state index is 0.583. The molecule has 4 nitrogen and oxygen atoms in total. The number of hydrogen-bond acceptors (Lipinski definition) is 4. The molecule has 1 aliphatic carbocycles. The Morgan fingerprint density at radius 3 is 2.45 bits per heavy atom. The van der Waals surface area contributed by atoms with E-state index < -0.39 is 0 Å². The number of rotatable bonds is 6. The zero-order valence-corrected chi connectivity index (χ0v) is 14.2. The maximum Gasteiger partial charge on any atom is 0.179 e. The molecular formula is C17H25ClN2O2. The van der Waals surface area contributed by atoms with Crippen molar-refractivity contribution in [2.45, 2.75) is 44.3 Å². The van der Waals surface area contributed by atoms with Gasteiger partial charge in [-0.1, -0.05) is 17.7 Å². The smallest absolute Gasteiger partial charge is 0.179 e. The maximum absolute atomic E-state index is 6.43. The van der Waals surface area contributed by atoms with Crippen LogP contribution in [0.25, 0.3) is 0 Å². The third kappa shape index (κ3) is 3.50. The van der Waals surface area contributed by atoms with Gasteiger partial charge in [-0.15, -0.1) is 0 Å². The summed E-state index contributed by atoms with van der Waals surface area (Å²) in [6, 6.07) is 5.40. The molecule has 3 rings (SSSR count). The van der Waals surface area contributed by atoms with Crippen LogP contribution in [0.5, 0.6) is 11.5 Å². The summed E-state index contributed by atoms with van der Waals surface area (Å²) in [7, 11) is 3.24. The lowest BCUT2D eigenvalue weighted by Crippen LogP contribution is -2.43. The molecule has 1 aliphatic heterocycles. The zero-order valence-electron chi connectivity index (χ0n) is 13.4. The molecule has 2 aliphatic rings. The number of methoxy groups -OCH3 is 2. The first-order valence-corrected chi connectivity index (χ1v) is 8.47. The van der Waals surface area contributed by atoms with Gasteiger partial charge in [-0.2, -0.15) is 0 Å². The average Bonchev–Trinajstić information content (AvgIpc) is 3.39. The Labute approximate surface area is 137 Å². The third-order valence-corrected chi connectivity index (χ3v) is 5.15. The molecule has 22 heavy (non-hydrogen) atoms. The van der Waals surface area contributed by atoms with E-state index >= 15 is 0 Å². The Kier molecular flexibility index (Phi) is 5.11. The van der Waals surface area contributed by atoms with E-state index in [1.54, 1.807) is 14.2 Å². The molecule has 2 fully saturated rings. The summed E-state index contributed by atoms with van der Waals surface area (Å²) < 4.78 is 10.6. The Hall–Kier alpha value is -0.970. The molecule has 1 N–H and O–H groups in total. The van der Waals surface area contributed by atoms with E-state index in [1.165, 1.54) is 38.8 Å². The second-order valence-corrected chi connectivity index (χ2v) is 6.57. The summed E-state index contributed by atoms with van der Waals surface area (Å²) >= 11 is 6.43. The van der Waals surface area contributed by atoms with E-state index in [-0.39, 0.29) is 0 Å². The van der Waals surface area contributed by atoms with Gasteiger partial charge in [0.15, 0.2) is 11.5 Å². The minimum Gasteiger partial charge on any atom is -0.493 e. The Bertz CT molecular complexity index is 512. The number of nitrogens with one attached hydrogen (secondary N) is 1. The van der Waals surface area contributed by atoms with Crippen LogP contribution < -0.4 is 14.8 Å². The van der Waals surface area contributed by atoms with Gasteiger partial charge < -0.3 is 19.7 Å². The largest absolute Gasteiger partial charge is 0.493 e. The molecule has 1 aromatic rings. The second kappa shape index (κ2) is 7.07. The Balaban J connectivity index is 1.55. The molecule has 1 heterocycles. The van der Waals surface area contributed by atoms with E-state index in [0.717, 1.165) is 18.2 Å². The molecule has 0 bridgehead atoms. The quantitative estimate of drug-likeness (QED) is 0.872. The second-order valence-electron chi connectivity index (χ2n) is 6.20. The van der Waals surface area contributed by atoms with Crippen LogP contribution in [-0.2, 0) is 6.54 Å². The summed E-state index contributed by atoms with van der Waals surface area (Å²) in [5.74, 6) is 1.29. The lowest BCUT2D eigenvalue weighted by molar-refractivity contribution is 0.189. The first kappa shape index (κ1) is 15.9. The number of piperidine rings is 1. The molecule has 122 valence electrons. The number of hydrogen-bond donors (Lipinski definition) is 1. The molecule has 0 atom stereocenters. The highest BCUT2D eigenvalue weighted by Gasteiger charge is 2.31. The van der Waals surface area contributed by atoms with E-state index in [9.17, 15) is 0 Å². The van der Waals surface area contributed by atoms with Gasteiger partial charge in [0.05, 0.1) is 19.2 Å². The van der Waals surface area contributed by atoms with Gasteiger partial charge in [0.2, 0.25) is 0 Å². The highest BCUT2D eigenvalue weighted by molar-refractivity contribution is 6.33. The van der Waals surface area contributed by atoms with Gasteiger partial charge in [-0.25, -0.2) is 0 Å². The number of nitrogens with zero attached hydrogens (tertiary/aromatic N) is 1. The summed E-state index contributed by atoms with van der Waals surface area (Å²) in [4.78, 5) is 2.64.